The van der Waals surface area contributed by atoms with Crippen molar-refractivity contribution in [1.29, 1.82) is 0 Å². The fourth-order valence-corrected chi connectivity index (χ4v) is 15.7. The van der Waals surface area contributed by atoms with Crippen molar-refractivity contribution in [3.05, 3.63) is 23.8 Å². The molecule has 0 rings (SSSR count). The number of rotatable bonds is 29. The van der Waals surface area contributed by atoms with E-state index in [1.54, 1.807) is 12.2 Å². The Morgan fingerprint density at radius 2 is 0.859 bits per heavy atom. The van der Waals surface area contributed by atoms with Crippen LogP contribution in [0.5, 0.6) is 0 Å². The van der Waals surface area contributed by atoms with E-state index in [0.29, 0.717) is 6.42 Å². The Hall–Kier alpha value is -1.03. The zero-order valence-corrected chi connectivity index (χ0v) is 62.9. The molecular weight excluding hydrogens is 1060 g/mol. The number of methoxy groups -OCH3 is 1. The molecule has 0 aliphatic heterocycles. The molecule has 1 amide bonds. The third kappa shape index (κ3) is 22.2. The molecule has 460 valence electrons. The standard InChI is InChI=1S/C63H129NO9Si5/c1-43(2)53(70-75(29,30)59(12,13)14)48(8)57(67)63(24,25)40-39-50(65)64-52(54(44(3)4)71-76(31,32)60(15,16)17)56(73-78(35,36)62(21,22)23)47(7)41-46(6)55(72-77(33,34)61(18,19)20)45(5)37-38-49(42-51(66)68-26)69-74(27,28)58(9,10)11/h39-41,43-45,47-49,52-56H,37-38,42H2,1-36H3,(H,64,65)/b40-39+,46-41+/t45-,47-,48+,49-,52-,53+,54-,55-,56-/m1/s1. The van der Waals surface area contributed by atoms with Gasteiger partial charge in [-0.15, -0.1) is 0 Å². The molecule has 0 saturated heterocycles. The van der Waals surface area contributed by atoms with E-state index in [2.05, 4.69) is 229 Å². The van der Waals surface area contributed by atoms with Crippen molar-refractivity contribution in [3.63, 3.8) is 0 Å². The van der Waals surface area contributed by atoms with E-state index < -0.39 is 65.3 Å². The van der Waals surface area contributed by atoms with Crippen LogP contribution in [0.4, 0.5) is 0 Å². The molecule has 0 radical (unpaired) electrons. The normalized spacial score (nSPS) is 18.4. The molecule has 0 aromatic carbocycles. The maximum atomic E-state index is 15.0. The van der Waals surface area contributed by atoms with Crippen molar-refractivity contribution in [3.8, 4) is 0 Å². The number of ketones is 1. The van der Waals surface area contributed by atoms with Gasteiger partial charge >= 0.3 is 5.97 Å². The van der Waals surface area contributed by atoms with Crippen LogP contribution in [0.25, 0.3) is 0 Å². The Morgan fingerprint density at radius 3 is 1.23 bits per heavy atom. The highest BCUT2D eigenvalue weighted by atomic mass is 28.4. The quantitative estimate of drug-likeness (QED) is 0.0338. The van der Waals surface area contributed by atoms with E-state index in [-0.39, 0.29) is 97.2 Å². The van der Waals surface area contributed by atoms with Crippen LogP contribution in [0.15, 0.2) is 23.8 Å². The summed E-state index contributed by atoms with van der Waals surface area (Å²) in [5.41, 5.74) is 0.156. The maximum Gasteiger partial charge on any atom is 0.308 e. The molecule has 1 N–H and O–H groups in total. The average Bonchev–Trinajstić information content (AvgIpc) is 3.23. The molecule has 0 aromatic heterocycles. The number of Topliss-reactive ketones (excluding diaryl/α,β-unsaturated/α-hetero) is 1. The minimum absolute atomic E-state index is 0.00472. The van der Waals surface area contributed by atoms with Gasteiger partial charge < -0.3 is 32.2 Å². The highest BCUT2D eigenvalue weighted by Gasteiger charge is 2.50. The minimum atomic E-state index is -2.55. The van der Waals surface area contributed by atoms with Gasteiger partial charge in [-0.2, -0.15) is 0 Å². The van der Waals surface area contributed by atoms with Crippen molar-refractivity contribution in [2.45, 2.75) is 320 Å². The van der Waals surface area contributed by atoms with E-state index >= 15 is 0 Å². The summed E-state index contributed by atoms with van der Waals surface area (Å²) in [5, 5.41) is 3.22. The summed E-state index contributed by atoms with van der Waals surface area (Å²) in [5.74, 6) is -0.908. The van der Waals surface area contributed by atoms with E-state index in [9.17, 15) is 14.4 Å². The van der Waals surface area contributed by atoms with Crippen LogP contribution in [0, 0.1) is 35.0 Å². The Bertz CT molecular complexity index is 1970. The molecule has 0 aliphatic carbocycles. The zero-order valence-electron chi connectivity index (χ0n) is 57.9. The van der Waals surface area contributed by atoms with Crippen LogP contribution in [-0.4, -0.2) is 103 Å². The number of nitrogens with one attached hydrogen (secondary N) is 1. The highest BCUT2D eigenvalue weighted by molar-refractivity contribution is 6.75. The maximum absolute atomic E-state index is 15.0. The molecule has 0 unspecified atom stereocenters. The summed E-state index contributed by atoms with van der Waals surface area (Å²) in [4.78, 5) is 42.5. The molecule has 0 aromatic rings. The van der Waals surface area contributed by atoms with Crippen molar-refractivity contribution < 1.29 is 41.3 Å². The largest absolute Gasteiger partial charge is 0.469 e. The number of amides is 1. The van der Waals surface area contributed by atoms with Gasteiger partial charge in [-0.25, -0.2) is 0 Å². The van der Waals surface area contributed by atoms with Crippen LogP contribution < -0.4 is 5.32 Å². The third-order valence-corrected chi connectivity index (χ3v) is 41.7. The van der Waals surface area contributed by atoms with Gasteiger partial charge in [0.1, 0.15) is 5.78 Å². The van der Waals surface area contributed by atoms with Gasteiger partial charge in [-0.3, -0.25) is 14.4 Å². The van der Waals surface area contributed by atoms with Gasteiger partial charge in [0.25, 0.3) is 0 Å². The average molecular weight is 1190 g/mol. The first kappa shape index (κ1) is 77.0. The number of ether oxygens (including phenoxy) is 1. The fraction of sp³-hybridized carbons (Fsp3) is 0.889. The Labute approximate surface area is 488 Å². The van der Waals surface area contributed by atoms with Crippen LogP contribution >= 0.6 is 0 Å². The number of allylic oxidation sites excluding steroid dienone is 1. The minimum Gasteiger partial charge on any atom is -0.469 e. The first-order valence-electron chi connectivity index (χ1n) is 30.0. The van der Waals surface area contributed by atoms with E-state index in [4.69, 9.17) is 26.9 Å². The van der Waals surface area contributed by atoms with Gasteiger partial charge in [0.2, 0.25) is 5.91 Å². The monoisotopic (exact) mass is 1180 g/mol. The molecule has 78 heavy (non-hydrogen) atoms. The predicted octanol–water partition coefficient (Wildman–Crippen LogP) is 18.1. The summed E-state index contributed by atoms with van der Waals surface area (Å²) in [7, 11) is -10.3. The second-order valence-electron chi connectivity index (χ2n) is 32.7. The van der Waals surface area contributed by atoms with Crippen molar-refractivity contribution in [1.82, 2.24) is 5.32 Å². The molecule has 15 heteroatoms. The van der Waals surface area contributed by atoms with Crippen molar-refractivity contribution in [2.24, 2.45) is 35.0 Å². The van der Waals surface area contributed by atoms with Crippen LogP contribution in [0.2, 0.25) is 90.7 Å². The fourth-order valence-electron chi connectivity index (χ4n) is 8.59. The molecule has 0 saturated carbocycles. The summed E-state index contributed by atoms with van der Waals surface area (Å²) in [6.45, 7) is 77.7. The smallest absolute Gasteiger partial charge is 0.308 e. The van der Waals surface area contributed by atoms with E-state index in [1.807, 2.05) is 20.8 Å². The molecular formula is C63H129NO9Si5. The van der Waals surface area contributed by atoms with Crippen LogP contribution in [-0.2, 0) is 41.3 Å². The first-order valence-corrected chi connectivity index (χ1v) is 44.6. The second kappa shape index (κ2) is 28.2. The van der Waals surface area contributed by atoms with Crippen molar-refractivity contribution in [2.75, 3.05) is 7.11 Å². The topological polar surface area (TPSA) is 119 Å². The van der Waals surface area contributed by atoms with Gasteiger partial charge in [0.05, 0.1) is 50.1 Å². The number of esters is 1. The SMILES string of the molecule is COC(=O)C[C@@H](CC[C@@H](C)[C@@H](O[Si](C)(C)C(C)(C)C)/C(C)=C/[C@@H](C)[C@@H](O[Si](C)(C)C(C)(C)C)[C@H](NC(=O)/C=C/C(C)(C)C(=O)[C@@H](C)[C@@H](O[Si](C)(C)C(C)(C)C)C(C)C)[C@H](O[Si](C)(C)C(C)(C)C)C(C)C)O[Si](C)(C)C(C)(C)C. The molecule has 0 heterocycles. The van der Waals surface area contributed by atoms with Gasteiger partial charge in [0, 0.05) is 17.3 Å². The number of hydrogen-bond donors (Lipinski definition) is 1. The van der Waals surface area contributed by atoms with Crippen molar-refractivity contribution >= 4 is 59.2 Å². The summed E-state index contributed by atoms with van der Waals surface area (Å²) in [6, 6.07) is -0.575. The van der Waals surface area contributed by atoms with Gasteiger partial charge in [-0.1, -0.05) is 164 Å². The predicted molar refractivity (Wildman–Crippen MR) is 347 cm³/mol. The summed E-state index contributed by atoms with van der Waals surface area (Å²) >= 11 is 0. The Balaban J connectivity index is 8.25. The number of carbonyl (C=O) groups excluding carboxylic acids is 3. The van der Waals surface area contributed by atoms with E-state index in [1.165, 1.54) is 7.11 Å². The number of carbonyl (C=O) groups is 3. The molecule has 0 spiro atoms. The molecule has 9 atom stereocenters. The first-order chi connectivity index (χ1) is 34.3. The van der Waals surface area contributed by atoms with Gasteiger partial charge in [-0.05, 0) is 154 Å². The van der Waals surface area contributed by atoms with E-state index in [0.717, 1.165) is 12.0 Å². The molecule has 10 nitrogen and oxygen atoms in total. The Kier molecular flexibility index (Phi) is 27.9. The second-order valence-corrected chi connectivity index (χ2v) is 56.4. The zero-order chi connectivity index (χ0) is 62.4. The molecule has 0 fully saturated rings. The summed E-state index contributed by atoms with van der Waals surface area (Å²) in [6.07, 6.45) is 5.69. The third-order valence-electron chi connectivity index (χ3n) is 19.3. The van der Waals surface area contributed by atoms with Crippen LogP contribution in [0.3, 0.4) is 0 Å². The lowest BCUT2D eigenvalue weighted by Gasteiger charge is -2.48. The lowest BCUT2D eigenvalue weighted by atomic mass is 9.77. The lowest BCUT2D eigenvalue weighted by Crippen LogP contribution is -2.61. The Morgan fingerprint density at radius 1 is 0.500 bits per heavy atom. The lowest BCUT2D eigenvalue weighted by molar-refractivity contribution is -0.142. The van der Waals surface area contributed by atoms with Gasteiger partial charge in [0.15, 0.2) is 41.6 Å². The molecule has 0 aliphatic rings. The van der Waals surface area contributed by atoms with Crippen LogP contribution in [0.1, 0.15) is 192 Å². The summed E-state index contributed by atoms with van der Waals surface area (Å²) < 4.78 is 41.9. The highest BCUT2D eigenvalue weighted by Crippen LogP contribution is 2.45. The number of hydrogen-bond acceptors (Lipinski definition) is 9. The molecule has 0 bridgehead atoms.